The highest BCUT2D eigenvalue weighted by atomic mass is 35.5. The van der Waals surface area contributed by atoms with Crippen molar-refractivity contribution in [3.8, 4) is 0 Å². The summed E-state index contributed by atoms with van der Waals surface area (Å²) < 4.78 is 35.1. The minimum atomic E-state index is -1.05. The normalized spacial score (nSPS) is 13.4. The van der Waals surface area contributed by atoms with Crippen molar-refractivity contribution in [2.24, 2.45) is 0 Å². The molecule has 2 heterocycles. The van der Waals surface area contributed by atoms with Crippen LogP contribution in [0.3, 0.4) is 0 Å². The number of hydrogen-bond acceptors (Lipinski definition) is 5. The third-order valence-corrected chi connectivity index (χ3v) is 6.15. The van der Waals surface area contributed by atoms with E-state index in [1.807, 2.05) is 6.07 Å². The van der Waals surface area contributed by atoms with Gasteiger partial charge in [0, 0.05) is 40.8 Å². The number of nitrogens with zero attached hydrogens (tertiary/aromatic N) is 2. The van der Waals surface area contributed by atoms with E-state index in [4.69, 9.17) is 16.3 Å². The number of anilines is 3. The van der Waals surface area contributed by atoms with Crippen LogP contribution >= 0.6 is 11.6 Å². The lowest BCUT2D eigenvalue weighted by Crippen LogP contribution is -2.36. The molecule has 0 aliphatic carbocycles. The van der Waals surface area contributed by atoms with E-state index in [1.54, 1.807) is 36.5 Å². The van der Waals surface area contributed by atoms with Gasteiger partial charge >= 0.3 is 6.03 Å². The summed E-state index contributed by atoms with van der Waals surface area (Å²) in [6.45, 7) is 2.67. The van der Waals surface area contributed by atoms with E-state index in [0.717, 1.165) is 30.9 Å². The molecular weight excluding hydrogens is 502 g/mol. The second kappa shape index (κ2) is 10.5. The Morgan fingerprint density at radius 3 is 2.57 bits per heavy atom. The molecule has 1 aliphatic rings. The van der Waals surface area contributed by atoms with Gasteiger partial charge in [-0.2, -0.15) is 0 Å². The molecule has 2 amide bonds. The molecule has 0 spiro atoms. The molecule has 2 N–H and O–H groups in total. The number of halogens is 3. The number of ketones is 1. The number of pyridine rings is 1. The molecule has 0 bridgehead atoms. The molecule has 5 rings (SSSR count). The van der Waals surface area contributed by atoms with E-state index >= 15 is 4.39 Å². The predicted octanol–water partition coefficient (Wildman–Crippen LogP) is 5.88. The molecule has 1 fully saturated rings. The number of carbonyl (C=O) groups excluding carboxylic acids is 2. The topological polar surface area (TPSA) is 83.6 Å². The summed E-state index contributed by atoms with van der Waals surface area (Å²) in [5, 5.41) is 5.82. The van der Waals surface area contributed by atoms with Gasteiger partial charge in [0.1, 0.15) is 5.82 Å². The standard InChI is InChI=1S/C27H21ClF2N4O3/c28-18-2-1-3-20(12-18)32-27(36)33-24-14-19(29)13-22(25(24)30)26(35)16-4-5-23-17(10-16)11-21(15-31-23)34-6-8-37-9-7-34/h1-5,10-15H,6-9H2,(H2,32,33,36). The first-order chi connectivity index (χ1) is 17.9. The van der Waals surface area contributed by atoms with E-state index in [-0.39, 0.29) is 5.56 Å². The van der Waals surface area contributed by atoms with Crippen molar-refractivity contribution in [2.45, 2.75) is 0 Å². The van der Waals surface area contributed by atoms with Crippen molar-refractivity contribution in [3.63, 3.8) is 0 Å². The number of fused-ring (bicyclic) bond motifs is 1. The number of nitrogens with one attached hydrogen (secondary N) is 2. The monoisotopic (exact) mass is 522 g/mol. The van der Waals surface area contributed by atoms with Gasteiger partial charge in [-0.3, -0.25) is 9.78 Å². The Morgan fingerprint density at radius 2 is 1.78 bits per heavy atom. The molecule has 10 heteroatoms. The Labute approximate surface area is 216 Å². The molecule has 37 heavy (non-hydrogen) atoms. The van der Waals surface area contributed by atoms with Gasteiger partial charge in [0.2, 0.25) is 0 Å². The maximum atomic E-state index is 15.3. The van der Waals surface area contributed by atoms with Gasteiger partial charge in [0.25, 0.3) is 0 Å². The van der Waals surface area contributed by atoms with Crippen molar-refractivity contribution in [1.29, 1.82) is 0 Å². The van der Waals surface area contributed by atoms with Gasteiger partial charge in [-0.15, -0.1) is 0 Å². The second-order valence-electron chi connectivity index (χ2n) is 8.43. The molecule has 3 aromatic carbocycles. The number of hydrogen-bond donors (Lipinski definition) is 2. The summed E-state index contributed by atoms with van der Waals surface area (Å²) in [5.74, 6) is -2.65. The van der Waals surface area contributed by atoms with Crippen molar-refractivity contribution < 1.29 is 23.1 Å². The summed E-state index contributed by atoms with van der Waals surface area (Å²) >= 11 is 5.90. The third-order valence-electron chi connectivity index (χ3n) is 5.92. The van der Waals surface area contributed by atoms with Crippen molar-refractivity contribution >= 4 is 51.4 Å². The fourth-order valence-electron chi connectivity index (χ4n) is 4.11. The maximum Gasteiger partial charge on any atom is 0.323 e. The number of urea groups is 1. The lowest BCUT2D eigenvalue weighted by atomic mass is 10.00. The highest BCUT2D eigenvalue weighted by molar-refractivity contribution is 6.30. The molecule has 1 aliphatic heterocycles. The highest BCUT2D eigenvalue weighted by Gasteiger charge is 2.21. The molecule has 0 unspecified atom stereocenters. The number of benzene rings is 3. The Morgan fingerprint density at radius 1 is 0.973 bits per heavy atom. The first-order valence-electron chi connectivity index (χ1n) is 11.5. The molecular formula is C27H21ClF2N4O3. The Bertz CT molecular complexity index is 1510. The number of morpholine rings is 1. The van der Waals surface area contributed by atoms with Crippen molar-refractivity contribution in [1.82, 2.24) is 4.98 Å². The van der Waals surface area contributed by atoms with Crippen LogP contribution in [0, 0.1) is 11.6 Å². The molecule has 0 radical (unpaired) electrons. The summed E-state index contributed by atoms with van der Waals surface area (Å²) in [5.41, 5.74) is 1.09. The SMILES string of the molecule is O=C(Nc1cccc(Cl)c1)Nc1cc(F)cc(C(=O)c2ccc3ncc(N4CCOCC4)cc3c2)c1F. The number of ether oxygens (including phenoxy) is 1. The molecule has 7 nitrogen and oxygen atoms in total. The first kappa shape index (κ1) is 24.6. The molecule has 0 saturated carbocycles. The highest BCUT2D eigenvalue weighted by Crippen LogP contribution is 2.26. The van der Waals surface area contributed by atoms with Crippen LogP contribution in [-0.4, -0.2) is 43.1 Å². The van der Waals surface area contributed by atoms with Crippen LogP contribution in [0.5, 0.6) is 0 Å². The second-order valence-corrected chi connectivity index (χ2v) is 8.87. The van der Waals surface area contributed by atoms with E-state index in [1.165, 1.54) is 12.1 Å². The van der Waals surface area contributed by atoms with Crippen LogP contribution in [0.25, 0.3) is 10.9 Å². The largest absolute Gasteiger partial charge is 0.378 e. The number of carbonyl (C=O) groups is 2. The van der Waals surface area contributed by atoms with Gasteiger partial charge in [-0.1, -0.05) is 17.7 Å². The first-order valence-corrected chi connectivity index (χ1v) is 11.8. The Hall–Kier alpha value is -4.08. The predicted molar refractivity (Wildman–Crippen MR) is 139 cm³/mol. The van der Waals surface area contributed by atoms with E-state index in [9.17, 15) is 14.0 Å². The molecule has 0 atom stereocenters. The minimum absolute atomic E-state index is 0.159. The lowest BCUT2D eigenvalue weighted by Gasteiger charge is -2.28. The zero-order valence-electron chi connectivity index (χ0n) is 19.4. The Kier molecular flexibility index (Phi) is 6.98. The maximum absolute atomic E-state index is 15.3. The van der Waals surface area contributed by atoms with Gasteiger partial charge < -0.3 is 20.3 Å². The fourth-order valence-corrected chi connectivity index (χ4v) is 4.30. The molecule has 1 saturated heterocycles. The lowest BCUT2D eigenvalue weighted by molar-refractivity contribution is 0.103. The number of amides is 2. The van der Waals surface area contributed by atoms with Gasteiger partial charge in [-0.25, -0.2) is 13.6 Å². The van der Waals surface area contributed by atoms with Gasteiger partial charge in [0.05, 0.1) is 41.9 Å². The summed E-state index contributed by atoms with van der Waals surface area (Å²) in [7, 11) is 0. The van der Waals surface area contributed by atoms with Crippen LogP contribution in [0.2, 0.25) is 5.02 Å². The zero-order chi connectivity index (χ0) is 25.9. The van der Waals surface area contributed by atoms with Crippen LogP contribution in [0.4, 0.5) is 30.6 Å². The minimum Gasteiger partial charge on any atom is -0.378 e. The van der Waals surface area contributed by atoms with Gasteiger partial charge in [-0.05, 0) is 48.5 Å². The van der Waals surface area contributed by atoms with Crippen LogP contribution in [-0.2, 0) is 4.74 Å². The van der Waals surface area contributed by atoms with E-state index in [0.29, 0.717) is 34.8 Å². The molecule has 4 aromatic rings. The molecule has 188 valence electrons. The van der Waals surface area contributed by atoms with Crippen LogP contribution < -0.4 is 15.5 Å². The number of rotatable bonds is 5. The average Bonchev–Trinajstić information content (AvgIpc) is 2.90. The smallest absolute Gasteiger partial charge is 0.323 e. The number of aromatic nitrogens is 1. The average molecular weight is 523 g/mol. The quantitative estimate of drug-likeness (QED) is 0.320. The van der Waals surface area contributed by atoms with E-state index < -0.39 is 34.7 Å². The molecule has 1 aromatic heterocycles. The third kappa shape index (κ3) is 5.52. The van der Waals surface area contributed by atoms with Crippen molar-refractivity contribution in [3.05, 3.63) is 94.6 Å². The fraction of sp³-hybridized carbons (Fsp3) is 0.148. The van der Waals surface area contributed by atoms with E-state index in [2.05, 4.69) is 20.5 Å². The Balaban J connectivity index is 1.40. The summed E-state index contributed by atoms with van der Waals surface area (Å²) in [6, 6.07) is 13.8. The van der Waals surface area contributed by atoms with Gasteiger partial charge in [0.15, 0.2) is 11.6 Å². The zero-order valence-corrected chi connectivity index (χ0v) is 20.2. The summed E-state index contributed by atoms with van der Waals surface area (Å²) in [6.07, 6.45) is 1.76. The van der Waals surface area contributed by atoms with Crippen LogP contribution in [0.1, 0.15) is 15.9 Å². The summed E-state index contributed by atoms with van der Waals surface area (Å²) in [4.78, 5) is 32.2. The van der Waals surface area contributed by atoms with Crippen molar-refractivity contribution in [2.75, 3.05) is 41.8 Å². The van der Waals surface area contributed by atoms with Crippen LogP contribution in [0.15, 0.2) is 66.9 Å².